The number of ether oxygens (including phenoxy) is 2. The molecular formula is C16H13BrO3. The zero-order valence-corrected chi connectivity index (χ0v) is 12.5. The summed E-state index contributed by atoms with van der Waals surface area (Å²) in [5, 5.41) is 0. The number of hydrogen-bond donors (Lipinski definition) is 0. The Kier molecular flexibility index (Phi) is 3.59. The summed E-state index contributed by atoms with van der Waals surface area (Å²) in [7, 11) is 1.37. The van der Waals surface area contributed by atoms with E-state index in [1.165, 1.54) is 7.11 Å². The van der Waals surface area contributed by atoms with Crippen LogP contribution in [0.1, 0.15) is 11.7 Å². The minimum absolute atomic E-state index is 0.242. The van der Waals surface area contributed by atoms with Gasteiger partial charge in [-0.2, -0.15) is 0 Å². The molecule has 1 aliphatic heterocycles. The van der Waals surface area contributed by atoms with Crippen LogP contribution in [0, 0.1) is 0 Å². The molecule has 0 spiro atoms. The zero-order chi connectivity index (χ0) is 14.1. The zero-order valence-electron chi connectivity index (χ0n) is 10.9. The van der Waals surface area contributed by atoms with E-state index in [9.17, 15) is 4.79 Å². The lowest BCUT2D eigenvalue weighted by Gasteiger charge is -2.10. The Hall–Kier alpha value is -1.65. The van der Waals surface area contributed by atoms with E-state index in [1.54, 1.807) is 0 Å². The average Bonchev–Trinajstić information content (AvgIpc) is 3.27. The Balaban J connectivity index is 2.02. The summed E-state index contributed by atoms with van der Waals surface area (Å²) in [4.78, 5) is 11.6. The molecule has 0 amide bonds. The van der Waals surface area contributed by atoms with Crippen LogP contribution in [0.3, 0.4) is 0 Å². The Morgan fingerprint density at radius 1 is 1.15 bits per heavy atom. The Morgan fingerprint density at radius 2 is 1.90 bits per heavy atom. The molecule has 2 aromatic rings. The molecule has 0 aliphatic carbocycles. The maximum absolute atomic E-state index is 11.6. The third kappa shape index (κ3) is 2.37. The van der Waals surface area contributed by atoms with Crippen LogP contribution in [-0.4, -0.2) is 19.2 Å². The number of esters is 1. The van der Waals surface area contributed by atoms with Crippen LogP contribution in [-0.2, 0) is 14.3 Å². The van der Waals surface area contributed by atoms with Gasteiger partial charge < -0.3 is 9.47 Å². The molecule has 1 fully saturated rings. The van der Waals surface area contributed by atoms with Crippen molar-refractivity contribution in [1.82, 2.24) is 0 Å². The van der Waals surface area contributed by atoms with Crippen LogP contribution in [0.4, 0.5) is 0 Å². The van der Waals surface area contributed by atoms with E-state index in [2.05, 4.69) is 15.9 Å². The van der Waals surface area contributed by atoms with Crippen molar-refractivity contribution in [2.45, 2.75) is 12.2 Å². The molecule has 20 heavy (non-hydrogen) atoms. The number of epoxide rings is 1. The van der Waals surface area contributed by atoms with Crippen LogP contribution < -0.4 is 0 Å². The second kappa shape index (κ2) is 5.38. The van der Waals surface area contributed by atoms with Gasteiger partial charge >= 0.3 is 5.97 Å². The van der Waals surface area contributed by atoms with Gasteiger partial charge in [0.25, 0.3) is 0 Å². The van der Waals surface area contributed by atoms with E-state index in [4.69, 9.17) is 9.47 Å². The number of carbonyl (C=O) groups is 1. The van der Waals surface area contributed by atoms with Crippen molar-refractivity contribution >= 4 is 21.9 Å². The van der Waals surface area contributed by atoms with Gasteiger partial charge in [0.15, 0.2) is 6.10 Å². The highest BCUT2D eigenvalue weighted by Crippen LogP contribution is 2.46. The van der Waals surface area contributed by atoms with Crippen LogP contribution in [0.2, 0.25) is 0 Å². The lowest BCUT2D eigenvalue weighted by molar-refractivity contribution is -0.142. The number of rotatable bonds is 3. The summed E-state index contributed by atoms with van der Waals surface area (Å²) < 4.78 is 11.2. The molecule has 102 valence electrons. The summed E-state index contributed by atoms with van der Waals surface area (Å²) in [6.07, 6.45) is -0.741. The Bertz CT molecular complexity index is 639. The fourth-order valence-electron chi connectivity index (χ4n) is 2.32. The number of carbonyl (C=O) groups excluding carboxylic acids is 1. The second-order valence-corrected chi connectivity index (χ2v) is 5.42. The molecule has 2 aromatic carbocycles. The summed E-state index contributed by atoms with van der Waals surface area (Å²) in [6.45, 7) is 0. The van der Waals surface area contributed by atoms with Crippen molar-refractivity contribution in [2.75, 3.05) is 7.11 Å². The summed E-state index contributed by atoms with van der Waals surface area (Å²) in [6, 6.07) is 16.0. The molecule has 3 rings (SSSR count). The smallest absolute Gasteiger partial charge is 0.338 e. The van der Waals surface area contributed by atoms with Crippen LogP contribution >= 0.6 is 15.9 Å². The predicted molar refractivity (Wildman–Crippen MR) is 79.2 cm³/mol. The fraction of sp³-hybridized carbons (Fsp3) is 0.188. The Labute approximate surface area is 125 Å². The normalized spacial score (nSPS) is 20.5. The highest BCUT2D eigenvalue weighted by atomic mass is 79.9. The molecule has 3 nitrogen and oxygen atoms in total. The number of hydrogen-bond acceptors (Lipinski definition) is 3. The molecule has 0 aromatic heterocycles. The largest absolute Gasteiger partial charge is 0.467 e. The molecule has 0 N–H and O–H groups in total. The van der Waals surface area contributed by atoms with Crippen molar-refractivity contribution in [3.63, 3.8) is 0 Å². The average molecular weight is 333 g/mol. The minimum atomic E-state index is -0.499. The molecule has 0 radical (unpaired) electrons. The van der Waals surface area contributed by atoms with Gasteiger partial charge in [0.2, 0.25) is 0 Å². The van der Waals surface area contributed by atoms with E-state index in [0.29, 0.717) is 0 Å². The highest BCUT2D eigenvalue weighted by molar-refractivity contribution is 9.10. The standard InChI is InChI=1S/C16H13BrO3/c1-19-16(18)15-14(20-15)13-11(8-5-9-12(13)17)10-6-3-2-4-7-10/h2-9,14-15H,1H3. The third-order valence-electron chi connectivity index (χ3n) is 3.35. The van der Waals surface area contributed by atoms with Crippen molar-refractivity contribution < 1.29 is 14.3 Å². The van der Waals surface area contributed by atoms with E-state index in [1.807, 2.05) is 48.5 Å². The SMILES string of the molecule is COC(=O)C1OC1c1c(Br)cccc1-c1ccccc1. The van der Waals surface area contributed by atoms with Crippen molar-refractivity contribution in [1.29, 1.82) is 0 Å². The molecule has 2 atom stereocenters. The molecule has 1 aliphatic rings. The molecule has 1 heterocycles. The molecule has 1 saturated heterocycles. The van der Waals surface area contributed by atoms with Crippen molar-refractivity contribution in [3.05, 3.63) is 58.6 Å². The van der Waals surface area contributed by atoms with E-state index in [0.717, 1.165) is 21.2 Å². The van der Waals surface area contributed by atoms with E-state index >= 15 is 0 Å². The van der Waals surface area contributed by atoms with Gasteiger partial charge in [-0.25, -0.2) is 4.79 Å². The first-order valence-electron chi connectivity index (χ1n) is 6.29. The first-order valence-corrected chi connectivity index (χ1v) is 7.09. The van der Waals surface area contributed by atoms with Crippen LogP contribution in [0.15, 0.2) is 53.0 Å². The first kappa shape index (κ1) is 13.3. The van der Waals surface area contributed by atoms with Crippen molar-refractivity contribution in [3.8, 4) is 11.1 Å². The van der Waals surface area contributed by atoms with Gasteiger partial charge in [-0.1, -0.05) is 58.4 Å². The van der Waals surface area contributed by atoms with Crippen molar-refractivity contribution in [2.24, 2.45) is 0 Å². The van der Waals surface area contributed by atoms with Gasteiger partial charge in [-0.15, -0.1) is 0 Å². The summed E-state index contributed by atoms with van der Waals surface area (Å²) in [5.74, 6) is -0.329. The maximum Gasteiger partial charge on any atom is 0.338 e. The number of benzene rings is 2. The third-order valence-corrected chi connectivity index (χ3v) is 4.04. The van der Waals surface area contributed by atoms with Gasteiger partial charge in [-0.05, 0) is 17.2 Å². The fourth-order valence-corrected chi connectivity index (χ4v) is 2.91. The minimum Gasteiger partial charge on any atom is -0.467 e. The molecular weight excluding hydrogens is 320 g/mol. The van der Waals surface area contributed by atoms with Gasteiger partial charge in [0, 0.05) is 10.0 Å². The Morgan fingerprint density at radius 3 is 2.60 bits per heavy atom. The predicted octanol–water partition coefficient (Wildman–Crippen LogP) is 3.73. The molecule has 0 saturated carbocycles. The lowest BCUT2D eigenvalue weighted by atomic mass is 9.96. The second-order valence-electron chi connectivity index (χ2n) is 4.57. The van der Waals surface area contributed by atoms with Crippen LogP contribution in [0.25, 0.3) is 11.1 Å². The summed E-state index contributed by atoms with van der Waals surface area (Å²) in [5.41, 5.74) is 3.16. The van der Waals surface area contributed by atoms with Gasteiger partial charge in [-0.3, -0.25) is 0 Å². The van der Waals surface area contributed by atoms with E-state index < -0.39 is 6.10 Å². The topological polar surface area (TPSA) is 38.8 Å². The number of methoxy groups -OCH3 is 1. The number of halogens is 1. The monoisotopic (exact) mass is 332 g/mol. The molecule has 2 unspecified atom stereocenters. The molecule has 4 heteroatoms. The lowest BCUT2D eigenvalue weighted by Crippen LogP contribution is -2.09. The van der Waals surface area contributed by atoms with Gasteiger partial charge in [0.1, 0.15) is 6.10 Å². The quantitative estimate of drug-likeness (QED) is 0.635. The first-order chi connectivity index (χ1) is 9.72. The highest BCUT2D eigenvalue weighted by Gasteiger charge is 2.49. The molecule has 0 bridgehead atoms. The maximum atomic E-state index is 11.6. The summed E-state index contributed by atoms with van der Waals surface area (Å²) >= 11 is 3.55. The van der Waals surface area contributed by atoms with Crippen LogP contribution in [0.5, 0.6) is 0 Å². The van der Waals surface area contributed by atoms with E-state index in [-0.39, 0.29) is 12.1 Å². The van der Waals surface area contributed by atoms with Gasteiger partial charge in [0.05, 0.1) is 7.11 Å².